The summed E-state index contributed by atoms with van der Waals surface area (Å²) in [5.74, 6) is -0.764. The van der Waals surface area contributed by atoms with Crippen molar-refractivity contribution in [3.05, 3.63) is 100 Å². The summed E-state index contributed by atoms with van der Waals surface area (Å²) in [5, 5.41) is 11.0. The number of aliphatic carboxylic acids is 1. The Morgan fingerprint density at radius 2 is 1.64 bits per heavy atom. The van der Waals surface area contributed by atoms with Crippen molar-refractivity contribution < 1.29 is 56.9 Å². The number of carbonyl (C=O) groups is 1. The molecule has 386 valence electrons. The summed E-state index contributed by atoms with van der Waals surface area (Å²) in [5.41, 5.74) is 3.82. The molecule has 0 saturated carbocycles. The van der Waals surface area contributed by atoms with Crippen LogP contribution in [-0.2, 0) is 41.5 Å². The average molecular weight is 1050 g/mol. The van der Waals surface area contributed by atoms with Crippen LogP contribution < -0.4 is 18.9 Å². The van der Waals surface area contributed by atoms with Crippen LogP contribution in [0, 0.1) is 11.7 Å². The van der Waals surface area contributed by atoms with Crippen LogP contribution in [0.4, 0.5) is 4.39 Å². The van der Waals surface area contributed by atoms with E-state index < -0.39 is 35.3 Å². The molecule has 17 nitrogen and oxygen atoms in total. The molecule has 9 rings (SSSR count). The number of carboxylic acid groups (broad SMARTS) is 1. The largest absolute Gasteiger partial charge is 0.490 e. The highest BCUT2D eigenvalue weighted by Crippen LogP contribution is 2.52. The highest BCUT2D eigenvalue weighted by molar-refractivity contribution is 7.22. The lowest BCUT2D eigenvalue weighted by Crippen LogP contribution is -2.48. The van der Waals surface area contributed by atoms with Crippen molar-refractivity contribution in [1.82, 2.24) is 29.7 Å². The predicted octanol–water partition coefficient (Wildman–Crippen LogP) is 7.52. The molecule has 6 heterocycles. The Hall–Kier alpha value is -5.22. The van der Waals surface area contributed by atoms with Crippen molar-refractivity contribution >= 4 is 56.3 Å². The predicted molar refractivity (Wildman–Crippen MR) is 270 cm³/mol. The number of methoxy groups -OCH3 is 1. The molecule has 4 atom stereocenters. The first-order chi connectivity index (χ1) is 35.0. The number of rotatable bonds is 20. The maximum absolute atomic E-state index is 14.4. The number of alkyl halides is 1. The van der Waals surface area contributed by atoms with Gasteiger partial charge in [-0.25, -0.2) is 24.1 Å². The van der Waals surface area contributed by atoms with Gasteiger partial charge in [-0.3, -0.25) is 4.90 Å². The van der Waals surface area contributed by atoms with Gasteiger partial charge in [0.05, 0.1) is 67.7 Å². The smallest absolute Gasteiger partial charge is 0.345 e. The third-order valence-corrected chi connectivity index (χ3v) is 14.6. The summed E-state index contributed by atoms with van der Waals surface area (Å²) in [6.45, 7) is 11.3. The molecular formula is C51H59Cl2FN6O11S. The van der Waals surface area contributed by atoms with Crippen molar-refractivity contribution in [3.63, 3.8) is 0 Å². The summed E-state index contributed by atoms with van der Waals surface area (Å²) in [7, 11) is 3.73. The summed E-state index contributed by atoms with van der Waals surface area (Å²) in [4.78, 5) is 37.2. The summed E-state index contributed by atoms with van der Waals surface area (Å²) in [6.07, 6.45) is 0.743. The molecule has 5 aromatic rings. The molecule has 1 N–H and O–H groups in total. The fraction of sp³-hybridized carbons (Fsp3) is 0.471. The molecule has 0 amide bonds. The number of halogens is 3. The highest BCUT2D eigenvalue weighted by Gasteiger charge is 2.39. The minimum Gasteiger partial charge on any atom is -0.490 e. The van der Waals surface area contributed by atoms with Crippen LogP contribution >= 0.6 is 34.5 Å². The first kappa shape index (κ1) is 53.1. The normalized spacial score (nSPS) is 20.0. The Morgan fingerprint density at radius 1 is 0.917 bits per heavy atom. The second-order valence-electron chi connectivity index (χ2n) is 17.5. The van der Waals surface area contributed by atoms with Crippen LogP contribution in [-0.4, -0.2) is 165 Å². The maximum Gasteiger partial charge on any atom is 0.345 e. The molecule has 2 unspecified atom stereocenters. The van der Waals surface area contributed by atoms with Gasteiger partial charge in [0.25, 0.3) is 0 Å². The van der Waals surface area contributed by atoms with Crippen LogP contribution in [0.25, 0.3) is 26.2 Å². The summed E-state index contributed by atoms with van der Waals surface area (Å²) in [6, 6.07) is 13.2. The van der Waals surface area contributed by atoms with E-state index >= 15 is 0 Å². The molecule has 3 aliphatic heterocycles. The number of carboxylic acids is 1. The number of benzene rings is 2. The molecule has 21 heteroatoms. The molecule has 0 spiro atoms. The number of allylic oxidation sites excluding steroid dienone is 4. The van der Waals surface area contributed by atoms with Crippen LogP contribution in [0.3, 0.4) is 0 Å². The number of hydrogen-bond acceptors (Lipinski definition) is 17. The maximum atomic E-state index is 14.4. The lowest BCUT2D eigenvalue weighted by atomic mass is 9.81. The van der Waals surface area contributed by atoms with Gasteiger partial charge in [-0.1, -0.05) is 30.7 Å². The number of aromatic nitrogens is 4. The van der Waals surface area contributed by atoms with Gasteiger partial charge in [-0.15, -0.1) is 22.9 Å². The Labute approximate surface area is 431 Å². The molecule has 0 radical (unpaired) electrons. The third kappa shape index (κ3) is 13.5. The fourth-order valence-corrected chi connectivity index (χ4v) is 10.3. The van der Waals surface area contributed by atoms with E-state index in [1.54, 1.807) is 49.7 Å². The zero-order valence-electron chi connectivity index (χ0n) is 40.7. The van der Waals surface area contributed by atoms with E-state index in [1.807, 2.05) is 13.8 Å². The molecule has 1 saturated heterocycles. The van der Waals surface area contributed by atoms with Crippen LogP contribution in [0.1, 0.15) is 30.7 Å². The van der Waals surface area contributed by atoms with E-state index in [9.17, 15) is 14.3 Å². The van der Waals surface area contributed by atoms with E-state index in [2.05, 4.69) is 36.8 Å². The van der Waals surface area contributed by atoms with E-state index in [0.717, 1.165) is 36.6 Å². The minimum absolute atomic E-state index is 0.00624. The summed E-state index contributed by atoms with van der Waals surface area (Å²) >= 11 is 16.2. The number of piperazine rings is 1. The van der Waals surface area contributed by atoms with Gasteiger partial charge in [-0.05, 0) is 67.1 Å². The zero-order chi connectivity index (χ0) is 50.6. The van der Waals surface area contributed by atoms with Crippen LogP contribution in [0.5, 0.6) is 23.4 Å². The average Bonchev–Trinajstić information content (AvgIpc) is 3.76. The van der Waals surface area contributed by atoms with Gasteiger partial charge in [-0.2, -0.15) is 4.98 Å². The number of thiophene rings is 1. The molecule has 1 aliphatic carbocycles. The lowest BCUT2D eigenvalue weighted by Gasteiger charge is -2.37. The Balaban J connectivity index is 1.08. The second kappa shape index (κ2) is 25.6. The van der Waals surface area contributed by atoms with Crippen molar-refractivity contribution in [1.29, 1.82) is 0 Å². The highest BCUT2D eigenvalue weighted by atomic mass is 35.5. The van der Waals surface area contributed by atoms with E-state index in [0.29, 0.717) is 113 Å². The van der Waals surface area contributed by atoms with Gasteiger partial charge in [0.2, 0.25) is 12.0 Å². The van der Waals surface area contributed by atoms with Gasteiger partial charge in [0.1, 0.15) is 60.2 Å². The molecule has 72 heavy (non-hydrogen) atoms. The molecule has 4 aliphatic rings. The monoisotopic (exact) mass is 1050 g/mol. The van der Waals surface area contributed by atoms with Gasteiger partial charge >= 0.3 is 12.0 Å². The zero-order valence-corrected chi connectivity index (χ0v) is 43.0. The van der Waals surface area contributed by atoms with Gasteiger partial charge in [0, 0.05) is 74.4 Å². The van der Waals surface area contributed by atoms with Gasteiger partial charge < -0.3 is 52.6 Å². The number of nitrogens with zero attached hydrogens (tertiary/aromatic N) is 6. The fourth-order valence-electron chi connectivity index (χ4n) is 8.55. The number of hydrogen-bond donors (Lipinski definition) is 1. The van der Waals surface area contributed by atoms with E-state index in [4.69, 9.17) is 65.8 Å². The van der Waals surface area contributed by atoms with Crippen molar-refractivity contribution in [2.75, 3.05) is 106 Å². The molecular weight excluding hydrogens is 995 g/mol. The Kier molecular flexibility index (Phi) is 18.9. The van der Waals surface area contributed by atoms with Gasteiger partial charge in [0.15, 0.2) is 0 Å². The SMILES string of the molecule is COCCOCCOCCOCCOc1nccc(COc2ccc3cc2C[C@H](C(=O)O)Oc2ncnc4sc(-c5ccc(F)cc5)c(c24)C2=C(C)C(Cl)=C(O[C@H](CN4CCN(C)CC4)CO3)C(Cl)C2C)n1. The lowest BCUT2D eigenvalue weighted by molar-refractivity contribution is -0.145. The number of likely N-dealkylation sites (N-methyl/N-ethyl adjacent to an activating group) is 1. The summed E-state index contributed by atoms with van der Waals surface area (Å²) < 4.78 is 67.9. The first-order valence-corrected chi connectivity index (χ1v) is 25.4. The molecule has 2 aromatic carbocycles. The van der Waals surface area contributed by atoms with Crippen molar-refractivity contribution in [3.8, 4) is 33.8 Å². The second-order valence-corrected chi connectivity index (χ2v) is 19.3. The molecule has 3 aromatic heterocycles. The number of ether oxygens (including phenoxy) is 9. The first-order valence-electron chi connectivity index (χ1n) is 23.8. The van der Waals surface area contributed by atoms with Crippen LogP contribution in [0.2, 0.25) is 0 Å². The van der Waals surface area contributed by atoms with E-state index in [-0.39, 0.29) is 38.1 Å². The standard InChI is InChI=1S/C51H59Cl2FN6O11S/c1-31-41-32(2)45(53)46(44(31)52)70-38(27-60-15-13-59(3)14-16-60)29-68-37-9-10-39(69-28-36-11-12-55-51(58-36)67-24-23-66-22-21-65-20-19-64-18-17-63-4)34(25-37)26-40(50(61)62)71-48-43-42(41)47(72-49(43)57-30-56-48)33-5-7-35(54)8-6-33/h5-12,25,30-31,38,40,44H,13-24,26-29H2,1-4H3,(H,61,62)/t31?,38-,40-,44?/m1/s1. The Morgan fingerprint density at radius 3 is 2.36 bits per heavy atom. The molecule has 1 fully saturated rings. The topological polar surface area (TPSA) is 178 Å². The quantitative estimate of drug-likeness (QED) is 0.0597. The van der Waals surface area contributed by atoms with Crippen molar-refractivity contribution in [2.45, 2.75) is 44.5 Å². The van der Waals surface area contributed by atoms with Crippen LogP contribution in [0.15, 0.2) is 77.4 Å². The Bertz CT molecular complexity index is 2690. The number of fused-ring (bicyclic) bond motifs is 7. The minimum atomic E-state index is -1.48. The third-order valence-electron chi connectivity index (χ3n) is 12.4. The molecule has 4 bridgehead atoms. The van der Waals surface area contributed by atoms with Crippen molar-refractivity contribution in [2.24, 2.45) is 5.92 Å². The van der Waals surface area contributed by atoms with E-state index in [1.165, 1.54) is 29.8 Å².